The van der Waals surface area contributed by atoms with Crippen molar-refractivity contribution in [2.45, 2.75) is 24.9 Å². The fourth-order valence-electron chi connectivity index (χ4n) is 1.85. The molecule has 2 aromatic rings. The lowest BCUT2D eigenvalue weighted by Gasteiger charge is -2.10. The molecule has 0 spiro atoms. The lowest BCUT2D eigenvalue weighted by molar-refractivity contribution is -0.137. The molecule has 1 heterocycles. The first kappa shape index (κ1) is 14.3. The normalized spacial score (nSPS) is 15.0. The summed E-state index contributed by atoms with van der Waals surface area (Å²) in [5, 5.41) is 0. The monoisotopic (exact) mass is 358 g/mol. The Kier molecular flexibility index (Phi) is 3.61. The summed E-state index contributed by atoms with van der Waals surface area (Å²) >= 11 is 3.26. The molecular formula is C14H10BrF3N2O. The van der Waals surface area contributed by atoms with Gasteiger partial charge in [0.25, 0.3) is 0 Å². The first-order chi connectivity index (χ1) is 9.91. The zero-order valence-electron chi connectivity index (χ0n) is 10.7. The van der Waals surface area contributed by atoms with Crippen LogP contribution in [0.5, 0.6) is 11.6 Å². The molecule has 0 unspecified atom stereocenters. The van der Waals surface area contributed by atoms with Gasteiger partial charge in [-0.05, 0) is 47.0 Å². The minimum atomic E-state index is -4.40. The number of ether oxygens (including phenoxy) is 1. The second-order valence-electron chi connectivity index (χ2n) is 4.79. The highest BCUT2D eigenvalue weighted by molar-refractivity contribution is 9.10. The van der Waals surface area contributed by atoms with Gasteiger partial charge in [0.1, 0.15) is 16.2 Å². The number of nitrogens with zero attached hydrogens (tertiary/aromatic N) is 2. The van der Waals surface area contributed by atoms with Gasteiger partial charge in [0.15, 0.2) is 0 Å². The standard InChI is InChI=1S/C14H10BrF3N2O/c15-11-7-12(20-13(19-11)8-4-5-8)21-10-3-1-2-9(6-10)14(16,17)18/h1-3,6-8H,4-5H2. The molecule has 21 heavy (non-hydrogen) atoms. The third-order valence-corrected chi connectivity index (χ3v) is 3.42. The van der Waals surface area contributed by atoms with Gasteiger partial charge in [-0.1, -0.05) is 6.07 Å². The predicted molar refractivity (Wildman–Crippen MR) is 73.2 cm³/mol. The summed E-state index contributed by atoms with van der Waals surface area (Å²) in [6.07, 6.45) is -2.34. The molecule has 3 nitrogen and oxygen atoms in total. The van der Waals surface area contributed by atoms with Crippen LogP contribution in [-0.2, 0) is 6.18 Å². The van der Waals surface area contributed by atoms with Gasteiger partial charge in [0.05, 0.1) is 5.56 Å². The second-order valence-corrected chi connectivity index (χ2v) is 5.60. The molecule has 1 saturated carbocycles. The van der Waals surface area contributed by atoms with Crippen molar-refractivity contribution in [2.24, 2.45) is 0 Å². The van der Waals surface area contributed by atoms with Crippen molar-refractivity contribution >= 4 is 15.9 Å². The van der Waals surface area contributed by atoms with Gasteiger partial charge in [0.2, 0.25) is 5.88 Å². The van der Waals surface area contributed by atoms with Crippen LogP contribution in [0.4, 0.5) is 13.2 Å². The van der Waals surface area contributed by atoms with Crippen LogP contribution in [0.3, 0.4) is 0 Å². The molecule has 1 aromatic carbocycles. The zero-order valence-corrected chi connectivity index (χ0v) is 12.3. The maximum absolute atomic E-state index is 12.7. The maximum atomic E-state index is 12.7. The van der Waals surface area contributed by atoms with Gasteiger partial charge in [-0.15, -0.1) is 0 Å². The van der Waals surface area contributed by atoms with Crippen molar-refractivity contribution < 1.29 is 17.9 Å². The van der Waals surface area contributed by atoms with Crippen LogP contribution < -0.4 is 4.74 Å². The molecule has 110 valence electrons. The first-order valence-electron chi connectivity index (χ1n) is 6.31. The molecular weight excluding hydrogens is 349 g/mol. The van der Waals surface area contributed by atoms with Crippen LogP contribution in [0.2, 0.25) is 0 Å². The Hall–Kier alpha value is -1.63. The lowest BCUT2D eigenvalue weighted by atomic mass is 10.2. The smallest absolute Gasteiger partial charge is 0.416 e. The summed E-state index contributed by atoms with van der Waals surface area (Å²) in [6, 6.07) is 6.25. The molecule has 0 saturated heterocycles. The molecule has 0 aliphatic heterocycles. The van der Waals surface area contributed by atoms with Gasteiger partial charge in [-0.25, -0.2) is 4.98 Å². The Balaban J connectivity index is 1.86. The quantitative estimate of drug-likeness (QED) is 0.729. The summed E-state index contributed by atoms with van der Waals surface area (Å²) in [5.41, 5.74) is -0.754. The minimum Gasteiger partial charge on any atom is -0.439 e. The van der Waals surface area contributed by atoms with Crippen molar-refractivity contribution in [1.29, 1.82) is 0 Å². The third kappa shape index (κ3) is 3.53. The molecule has 0 bridgehead atoms. The fraction of sp³-hybridized carbons (Fsp3) is 0.286. The third-order valence-electron chi connectivity index (χ3n) is 3.01. The van der Waals surface area contributed by atoms with Crippen LogP contribution in [-0.4, -0.2) is 9.97 Å². The summed E-state index contributed by atoms with van der Waals surface area (Å²) in [5.74, 6) is 1.31. The van der Waals surface area contributed by atoms with Crippen LogP contribution >= 0.6 is 15.9 Å². The van der Waals surface area contributed by atoms with Crippen LogP contribution in [0, 0.1) is 0 Å². The number of aromatic nitrogens is 2. The van der Waals surface area contributed by atoms with E-state index in [1.54, 1.807) is 0 Å². The van der Waals surface area contributed by atoms with Crippen molar-refractivity contribution in [3.8, 4) is 11.6 Å². The van der Waals surface area contributed by atoms with E-state index < -0.39 is 11.7 Å². The molecule has 0 N–H and O–H groups in total. The number of hydrogen-bond acceptors (Lipinski definition) is 3. The molecule has 1 aliphatic carbocycles. The van der Waals surface area contributed by atoms with E-state index in [1.165, 1.54) is 18.2 Å². The van der Waals surface area contributed by atoms with Crippen molar-refractivity contribution in [2.75, 3.05) is 0 Å². The number of rotatable bonds is 3. The molecule has 0 atom stereocenters. The highest BCUT2D eigenvalue weighted by atomic mass is 79.9. The van der Waals surface area contributed by atoms with E-state index in [1.807, 2.05) is 0 Å². The summed E-state index contributed by atoms with van der Waals surface area (Å²) in [7, 11) is 0. The summed E-state index contributed by atoms with van der Waals surface area (Å²) in [4.78, 5) is 8.48. The Bertz CT molecular complexity index is 672. The Labute approximate surface area is 127 Å². The Morgan fingerprint density at radius 1 is 1.14 bits per heavy atom. The van der Waals surface area contributed by atoms with Crippen LogP contribution in [0.15, 0.2) is 34.9 Å². The number of hydrogen-bond donors (Lipinski definition) is 0. The maximum Gasteiger partial charge on any atom is 0.416 e. The van der Waals surface area contributed by atoms with E-state index in [-0.39, 0.29) is 11.6 Å². The van der Waals surface area contributed by atoms with E-state index in [0.717, 1.165) is 25.0 Å². The molecule has 1 fully saturated rings. The number of alkyl halides is 3. The lowest BCUT2D eigenvalue weighted by Crippen LogP contribution is -2.04. The zero-order chi connectivity index (χ0) is 15.0. The van der Waals surface area contributed by atoms with Crippen molar-refractivity contribution in [1.82, 2.24) is 9.97 Å². The molecule has 1 aromatic heterocycles. The van der Waals surface area contributed by atoms with Crippen molar-refractivity contribution in [3.05, 3.63) is 46.3 Å². The average Bonchev–Trinajstić information content (AvgIpc) is 3.21. The van der Waals surface area contributed by atoms with E-state index in [0.29, 0.717) is 16.3 Å². The van der Waals surface area contributed by atoms with E-state index in [4.69, 9.17) is 4.74 Å². The molecule has 3 rings (SSSR count). The molecule has 0 amide bonds. The van der Waals surface area contributed by atoms with Gasteiger partial charge in [-0.2, -0.15) is 18.2 Å². The molecule has 7 heteroatoms. The first-order valence-corrected chi connectivity index (χ1v) is 7.11. The van der Waals surface area contributed by atoms with E-state index >= 15 is 0 Å². The Morgan fingerprint density at radius 2 is 1.90 bits per heavy atom. The van der Waals surface area contributed by atoms with Gasteiger partial charge >= 0.3 is 6.18 Å². The summed E-state index contributed by atoms with van der Waals surface area (Å²) in [6.45, 7) is 0. The SMILES string of the molecule is FC(F)(F)c1cccc(Oc2cc(Br)nc(C3CC3)n2)c1. The van der Waals surface area contributed by atoms with Crippen molar-refractivity contribution in [3.63, 3.8) is 0 Å². The Morgan fingerprint density at radius 3 is 2.57 bits per heavy atom. The average molecular weight is 359 g/mol. The number of benzene rings is 1. The fourth-order valence-corrected chi connectivity index (χ4v) is 2.22. The minimum absolute atomic E-state index is 0.0946. The van der Waals surface area contributed by atoms with Gasteiger partial charge < -0.3 is 4.74 Å². The predicted octanol–water partition coefficient (Wildman–Crippen LogP) is 4.93. The van der Waals surface area contributed by atoms with E-state index in [9.17, 15) is 13.2 Å². The summed E-state index contributed by atoms with van der Waals surface area (Å²) < 4.78 is 44.0. The van der Waals surface area contributed by atoms with Gasteiger partial charge in [0, 0.05) is 12.0 Å². The van der Waals surface area contributed by atoms with Gasteiger partial charge in [-0.3, -0.25) is 0 Å². The topological polar surface area (TPSA) is 35.0 Å². The number of halogens is 4. The second kappa shape index (κ2) is 5.29. The molecule has 1 aliphatic rings. The highest BCUT2D eigenvalue weighted by Crippen LogP contribution is 2.39. The van der Waals surface area contributed by atoms with Crippen LogP contribution in [0.25, 0.3) is 0 Å². The van der Waals surface area contributed by atoms with E-state index in [2.05, 4.69) is 25.9 Å². The highest BCUT2D eigenvalue weighted by Gasteiger charge is 2.31. The van der Waals surface area contributed by atoms with Crippen LogP contribution in [0.1, 0.15) is 30.1 Å². The largest absolute Gasteiger partial charge is 0.439 e. The molecule has 0 radical (unpaired) electrons.